The molecule has 1 atom stereocenters. The molecule has 192 valence electrons. The standard InChI is InChI=1S/C26H36FN3O4S/c1-19-11-9-13-22(17-19)30(35(6,33)34)16-10-15-24(31)29(18-21-12-7-8-14-23(21)27)20(2)25(32)28-26(3,4)5/h7-9,11-14,17,20H,10,15-16,18H2,1-6H3,(H,28,32). The van der Waals surface area contributed by atoms with Crippen LogP contribution in [0.15, 0.2) is 48.5 Å². The maximum atomic E-state index is 14.3. The first-order valence-corrected chi connectivity index (χ1v) is 13.4. The molecule has 2 rings (SSSR count). The Balaban J connectivity index is 2.20. The number of anilines is 1. The molecule has 0 aromatic heterocycles. The Labute approximate surface area is 208 Å². The Bertz CT molecular complexity index is 1150. The van der Waals surface area contributed by atoms with Gasteiger partial charge in [0.05, 0.1) is 11.9 Å². The highest BCUT2D eigenvalue weighted by Gasteiger charge is 2.29. The van der Waals surface area contributed by atoms with Crippen LogP contribution in [0, 0.1) is 12.7 Å². The number of hydrogen-bond donors (Lipinski definition) is 1. The summed E-state index contributed by atoms with van der Waals surface area (Å²) in [5.74, 6) is -1.17. The Morgan fingerprint density at radius 3 is 2.31 bits per heavy atom. The maximum Gasteiger partial charge on any atom is 0.242 e. The van der Waals surface area contributed by atoms with E-state index in [4.69, 9.17) is 0 Å². The summed E-state index contributed by atoms with van der Waals surface area (Å²) in [7, 11) is -3.56. The van der Waals surface area contributed by atoms with Gasteiger partial charge in [-0.15, -0.1) is 0 Å². The summed E-state index contributed by atoms with van der Waals surface area (Å²) in [6.45, 7) is 9.03. The molecule has 2 amide bonds. The van der Waals surface area contributed by atoms with Gasteiger partial charge in [-0.1, -0.05) is 30.3 Å². The van der Waals surface area contributed by atoms with Gasteiger partial charge in [0.2, 0.25) is 21.8 Å². The average Bonchev–Trinajstić information content (AvgIpc) is 2.73. The lowest BCUT2D eigenvalue weighted by atomic mass is 10.1. The third kappa shape index (κ3) is 8.65. The second-order valence-electron chi connectivity index (χ2n) is 9.81. The number of carbonyl (C=O) groups excluding carboxylic acids is 2. The first-order valence-electron chi connectivity index (χ1n) is 11.6. The van der Waals surface area contributed by atoms with E-state index < -0.39 is 27.4 Å². The number of carbonyl (C=O) groups is 2. The van der Waals surface area contributed by atoms with Crippen molar-refractivity contribution in [1.82, 2.24) is 10.2 Å². The molecule has 2 aromatic rings. The lowest BCUT2D eigenvalue weighted by molar-refractivity contribution is -0.141. The largest absolute Gasteiger partial charge is 0.350 e. The van der Waals surface area contributed by atoms with E-state index in [1.807, 2.05) is 33.8 Å². The van der Waals surface area contributed by atoms with Crippen LogP contribution in [0.1, 0.15) is 51.7 Å². The summed E-state index contributed by atoms with van der Waals surface area (Å²) in [5, 5.41) is 2.86. The van der Waals surface area contributed by atoms with Crippen molar-refractivity contribution in [3.8, 4) is 0 Å². The van der Waals surface area contributed by atoms with Crippen LogP contribution in [0.2, 0.25) is 0 Å². The third-order valence-electron chi connectivity index (χ3n) is 5.41. The fourth-order valence-electron chi connectivity index (χ4n) is 3.65. The van der Waals surface area contributed by atoms with Crippen LogP contribution < -0.4 is 9.62 Å². The number of aryl methyl sites for hydroxylation is 1. The number of nitrogens with one attached hydrogen (secondary N) is 1. The predicted molar refractivity (Wildman–Crippen MR) is 137 cm³/mol. The van der Waals surface area contributed by atoms with Gasteiger partial charge in [-0.2, -0.15) is 0 Å². The highest BCUT2D eigenvalue weighted by Crippen LogP contribution is 2.21. The Morgan fingerprint density at radius 1 is 1.09 bits per heavy atom. The second-order valence-corrected chi connectivity index (χ2v) is 11.7. The number of halogens is 1. The van der Waals surface area contributed by atoms with E-state index in [-0.39, 0.29) is 37.7 Å². The first-order chi connectivity index (χ1) is 16.2. The number of sulfonamides is 1. The summed E-state index contributed by atoms with van der Waals surface area (Å²) in [6.07, 6.45) is 1.36. The van der Waals surface area contributed by atoms with Gasteiger partial charge in [0, 0.05) is 30.6 Å². The summed E-state index contributed by atoms with van der Waals surface area (Å²) in [5.41, 5.74) is 1.25. The van der Waals surface area contributed by atoms with Crippen molar-refractivity contribution < 1.29 is 22.4 Å². The fourth-order valence-corrected chi connectivity index (χ4v) is 4.61. The van der Waals surface area contributed by atoms with Gasteiger partial charge < -0.3 is 10.2 Å². The van der Waals surface area contributed by atoms with Gasteiger partial charge in [0.25, 0.3) is 0 Å². The van der Waals surface area contributed by atoms with Crippen molar-refractivity contribution in [2.75, 3.05) is 17.1 Å². The third-order valence-corrected chi connectivity index (χ3v) is 6.60. The van der Waals surface area contributed by atoms with Gasteiger partial charge in [0.15, 0.2) is 0 Å². The van der Waals surface area contributed by atoms with E-state index >= 15 is 0 Å². The van der Waals surface area contributed by atoms with E-state index in [0.717, 1.165) is 11.8 Å². The molecule has 0 aliphatic rings. The summed E-state index contributed by atoms with van der Waals surface area (Å²) in [6, 6.07) is 12.4. The molecule has 0 aliphatic heterocycles. The van der Waals surface area contributed by atoms with Gasteiger partial charge in [-0.25, -0.2) is 12.8 Å². The molecule has 0 aliphatic carbocycles. The first kappa shape index (κ1) is 28.3. The topological polar surface area (TPSA) is 86.8 Å². The monoisotopic (exact) mass is 505 g/mol. The zero-order valence-electron chi connectivity index (χ0n) is 21.3. The Morgan fingerprint density at radius 2 is 1.74 bits per heavy atom. The molecule has 1 N–H and O–H groups in total. The number of benzene rings is 2. The normalized spacial score (nSPS) is 12.7. The quantitative estimate of drug-likeness (QED) is 0.529. The molecule has 0 fully saturated rings. The molecule has 0 radical (unpaired) electrons. The lowest BCUT2D eigenvalue weighted by Crippen LogP contribution is -2.52. The fraction of sp³-hybridized carbons (Fsp3) is 0.462. The Hall–Kier alpha value is -2.94. The minimum atomic E-state index is -3.56. The molecular formula is C26H36FN3O4S. The predicted octanol–water partition coefficient (Wildman–Crippen LogP) is 4.01. The highest BCUT2D eigenvalue weighted by molar-refractivity contribution is 7.92. The molecule has 35 heavy (non-hydrogen) atoms. The summed E-state index contributed by atoms with van der Waals surface area (Å²) < 4.78 is 40.4. The van der Waals surface area contributed by atoms with Crippen molar-refractivity contribution in [2.45, 2.75) is 65.6 Å². The molecule has 0 saturated heterocycles. The highest BCUT2D eigenvalue weighted by atomic mass is 32.2. The summed E-state index contributed by atoms with van der Waals surface area (Å²) in [4.78, 5) is 27.4. The van der Waals surface area contributed by atoms with Crippen molar-refractivity contribution in [3.05, 3.63) is 65.5 Å². The van der Waals surface area contributed by atoms with Crippen LogP contribution in [0.5, 0.6) is 0 Å². The zero-order valence-corrected chi connectivity index (χ0v) is 22.2. The number of nitrogens with zero attached hydrogens (tertiary/aromatic N) is 2. The SMILES string of the molecule is Cc1cccc(N(CCCC(=O)N(Cc2ccccc2F)C(C)C(=O)NC(C)(C)C)S(C)(=O)=O)c1. The van der Waals surface area contributed by atoms with Crippen molar-refractivity contribution in [3.63, 3.8) is 0 Å². The zero-order chi connectivity index (χ0) is 26.4. The number of hydrogen-bond acceptors (Lipinski definition) is 4. The van der Waals surface area contributed by atoms with Crippen LogP contribution in [-0.4, -0.2) is 49.5 Å². The molecule has 0 saturated carbocycles. The van der Waals surface area contributed by atoms with Crippen LogP contribution in [0.4, 0.5) is 10.1 Å². The second kappa shape index (κ2) is 11.7. The van der Waals surface area contributed by atoms with Crippen molar-refractivity contribution in [1.29, 1.82) is 0 Å². The molecule has 0 spiro atoms. The van der Waals surface area contributed by atoms with Crippen LogP contribution >= 0.6 is 0 Å². The van der Waals surface area contributed by atoms with E-state index in [2.05, 4.69) is 5.32 Å². The average molecular weight is 506 g/mol. The van der Waals surface area contributed by atoms with Crippen LogP contribution in [0.3, 0.4) is 0 Å². The van der Waals surface area contributed by atoms with E-state index in [1.165, 1.54) is 15.3 Å². The summed E-state index contributed by atoms with van der Waals surface area (Å²) >= 11 is 0. The van der Waals surface area contributed by atoms with E-state index in [9.17, 15) is 22.4 Å². The molecule has 7 nitrogen and oxygen atoms in total. The van der Waals surface area contributed by atoms with Crippen molar-refractivity contribution >= 4 is 27.5 Å². The number of rotatable bonds is 10. The van der Waals surface area contributed by atoms with Gasteiger partial charge >= 0.3 is 0 Å². The van der Waals surface area contributed by atoms with Crippen LogP contribution in [0.25, 0.3) is 0 Å². The van der Waals surface area contributed by atoms with E-state index in [0.29, 0.717) is 11.3 Å². The van der Waals surface area contributed by atoms with Gasteiger partial charge in [0.1, 0.15) is 11.9 Å². The molecular weight excluding hydrogens is 469 g/mol. The van der Waals surface area contributed by atoms with Crippen LogP contribution in [-0.2, 0) is 26.2 Å². The van der Waals surface area contributed by atoms with Gasteiger partial charge in [-0.05, 0) is 64.8 Å². The molecule has 0 bridgehead atoms. The Kier molecular flexibility index (Phi) is 9.43. The smallest absolute Gasteiger partial charge is 0.242 e. The lowest BCUT2D eigenvalue weighted by Gasteiger charge is -2.32. The minimum absolute atomic E-state index is 0.000569. The molecule has 9 heteroatoms. The van der Waals surface area contributed by atoms with Gasteiger partial charge in [-0.3, -0.25) is 13.9 Å². The molecule has 0 heterocycles. The van der Waals surface area contributed by atoms with E-state index in [1.54, 1.807) is 43.3 Å². The maximum absolute atomic E-state index is 14.3. The van der Waals surface area contributed by atoms with Crippen molar-refractivity contribution in [2.24, 2.45) is 0 Å². The molecule has 1 unspecified atom stereocenters. The molecule has 2 aromatic carbocycles. The minimum Gasteiger partial charge on any atom is -0.350 e. The number of amides is 2.